The second-order valence-corrected chi connectivity index (χ2v) is 5.74. The molecular weight excluding hydrogens is 296 g/mol. The normalized spacial score (nSPS) is 17.5. The van der Waals surface area contributed by atoms with Crippen LogP contribution in [0.1, 0.15) is 26.7 Å². The molecule has 1 aliphatic heterocycles. The molecule has 6 heteroatoms. The van der Waals surface area contributed by atoms with E-state index < -0.39 is 5.97 Å². The highest BCUT2D eigenvalue weighted by Crippen LogP contribution is 2.25. The Morgan fingerprint density at radius 1 is 1.35 bits per heavy atom. The van der Waals surface area contributed by atoms with Crippen LogP contribution < -0.4 is 10.1 Å². The molecule has 2 rings (SSSR count). The second-order valence-electron chi connectivity index (χ2n) is 5.74. The fourth-order valence-electron chi connectivity index (χ4n) is 2.79. The maximum absolute atomic E-state index is 12.5. The summed E-state index contributed by atoms with van der Waals surface area (Å²) in [5.74, 6) is -0.487. The Bertz CT molecular complexity index is 553. The molecule has 1 unspecified atom stereocenters. The van der Waals surface area contributed by atoms with Gasteiger partial charge in [0.05, 0.1) is 24.3 Å². The number of anilines is 1. The van der Waals surface area contributed by atoms with Gasteiger partial charge in [0.2, 0.25) is 5.91 Å². The van der Waals surface area contributed by atoms with E-state index in [0.717, 1.165) is 0 Å². The Labute approximate surface area is 136 Å². The number of rotatable bonds is 6. The summed E-state index contributed by atoms with van der Waals surface area (Å²) in [6.07, 6.45) is 1.17. The van der Waals surface area contributed by atoms with Crippen LogP contribution in [-0.4, -0.2) is 47.6 Å². The molecule has 0 bridgehead atoms. The molecule has 23 heavy (non-hydrogen) atoms. The number of hydrogen-bond acceptors (Lipinski definition) is 4. The van der Waals surface area contributed by atoms with E-state index in [0.29, 0.717) is 44.0 Å². The number of piperidine rings is 1. The van der Waals surface area contributed by atoms with Crippen LogP contribution in [-0.2, 0) is 9.59 Å². The van der Waals surface area contributed by atoms with Crippen molar-refractivity contribution < 1.29 is 19.4 Å². The van der Waals surface area contributed by atoms with Crippen molar-refractivity contribution in [3.8, 4) is 5.75 Å². The van der Waals surface area contributed by atoms with E-state index in [2.05, 4.69) is 5.32 Å². The van der Waals surface area contributed by atoms with Crippen molar-refractivity contribution in [3.63, 3.8) is 0 Å². The van der Waals surface area contributed by atoms with Gasteiger partial charge in [-0.1, -0.05) is 12.1 Å². The fourth-order valence-corrected chi connectivity index (χ4v) is 2.79. The van der Waals surface area contributed by atoms with Crippen molar-refractivity contribution in [1.82, 2.24) is 4.90 Å². The maximum Gasteiger partial charge on any atom is 0.306 e. The molecule has 0 radical (unpaired) electrons. The molecular formula is C17H24N2O4. The first kappa shape index (κ1) is 17.3. The summed E-state index contributed by atoms with van der Waals surface area (Å²) < 4.78 is 5.51. The van der Waals surface area contributed by atoms with Gasteiger partial charge in [0.25, 0.3) is 0 Å². The molecule has 0 aliphatic carbocycles. The molecule has 1 atom stereocenters. The van der Waals surface area contributed by atoms with Gasteiger partial charge in [-0.05, 0) is 51.9 Å². The number of likely N-dealkylation sites (tertiary alicyclic amines) is 1. The molecule has 1 fully saturated rings. The topological polar surface area (TPSA) is 78.9 Å². The molecule has 6 nitrogen and oxygen atoms in total. The molecule has 1 aliphatic rings. The maximum atomic E-state index is 12.5. The number of nitrogens with zero attached hydrogens (tertiary/aromatic N) is 1. The molecule has 0 saturated carbocycles. The summed E-state index contributed by atoms with van der Waals surface area (Å²) in [4.78, 5) is 25.5. The zero-order valence-corrected chi connectivity index (χ0v) is 13.6. The molecule has 2 N–H and O–H groups in total. The van der Waals surface area contributed by atoms with Crippen LogP contribution >= 0.6 is 0 Å². The third-order valence-electron chi connectivity index (χ3n) is 4.25. The average molecular weight is 320 g/mol. The summed E-state index contributed by atoms with van der Waals surface area (Å²) in [5, 5.41) is 11.9. The first-order chi connectivity index (χ1) is 11.0. The molecule has 1 saturated heterocycles. The first-order valence-corrected chi connectivity index (χ1v) is 8.02. The summed E-state index contributed by atoms with van der Waals surface area (Å²) in [5.41, 5.74) is 0.659. The number of aliphatic carboxylic acids is 1. The number of ether oxygens (including phenoxy) is 1. The molecule has 1 amide bonds. The van der Waals surface area contributed by atoms with Gasteiger partial charge in [-0.2, -0.15) is 0 Å². The Kier molecular flexibility index (Phi) is 5.98. The van der Waals surface area contributed by atoms with Gasteiger partial charge in [-0.15, -0.1) is 0 Å². The molecule has 0 aromatic heterocycles. The van der Waals surface area contributed by atoms with E-state index in [-0.39, 0.29) is 17.9 Å². The molecule has 1 heterocycles. The number of benzene rings is 1. The quantitative estimate of drug-likeness (QED) is 0.840. The minimum absolute atomic E-state index is 0.106. The van der Waals surface area contributed by atoms with Crippen LogP contribution in [0.4, 0.5) is 5.69 Å². The van der Waals surface area contributed by atoms with Gasteiger partial charge < -0.3 is 15.2 Å². The lowest BCUT2D eigenvalue weighted by Gasteiger charge is -2.33. The molecule has 1 aromatic rings. The number of carbonyl (C=O) groups excluding carboxylic acids is 1. The minimum Gasteiger partial charge on any atom is -0.492 e. The van der Waals surface area contributed by atoms with Crippen LogP contribution in [0.2, 0.25) is 0 Å². The Morgan fingerprint density at radius 3 is 2.61 bits per heavy atom. The van der Waals surface area contributed by atoms with Crippen LogP contribution in [0, 0.1) is 5.92 Å². The number of nitrogens with one attached hydrogen (secondary N) is 1. The van der Waals surface area contributed by atoms with Gasteiger partial charge in [-0.25, -0.2) is 0 Å². The number of amides is 1. The number of carboxylic acids is 1. The predicted molar refractivity (Wildman–Crippen MR) is 87.6 cm³/mol. The van der Waals surface area contributed by atoms with Crippen LogP contribution in [0.15, 0.2) is 24.3 Å². The summed E-state index contributed by atoms with van der Waals surface area (Å²) in [7, 11) is 0. The first-order valence-electron chi connectivity index (χ1n) is 8.02. The third-order valence-corrected chi connectivity index (χ3v) is 4.25. The van der Waals surface area contributed by atoms with E-state index in [9.17, 15) is 9.59 Å². The Morgan fingerprint density at radius 2 is 2.00 bits per heavy atom. The van der Waals surface area contributed by atoms with Crippen LogP contribution in [0.25, 0.3) is 0 Å². The zero-order chi connectivity index (χ0) is 16.8. The smallest absolute Gasteiger partial charge is 0.306 e. The zero-order valence-electron chi connectivity index (χ0n) is 13.6. The Hall–Kier alpha value is -2.08. The lowest BCUT2D eigenvalue weighted by Crippen LogP contribution is -2.47. The largest absolute Gasteiger partial charge is 0.492 e. The number of para-hydroxylation sites is 2. The lowest BCUT2D eigenvalue weighted by molar-refractivity contribution is -0.143. The van der Waals surface area contributed by atoms with E-state index in [1.807, 2.05) is 43.0 Å². The lowest BCUT2D eigenvalue weighted by atomic mass is 9.96. The second kappa shape index (κ2) is 7.97. The van der Waals surface area contributed by atoms with Crippen molar-refractivity contribution >= 4 is 17.6 Å². The summed E-state index contributed by atoms with van der Waals surface area (Å²) >= 11 is 0. The van der Waals surface area contributed by atoms with Crippen LogP contribution in [0.5, 0.6) is 5.75 Å². The predicted octanol–water partition coefficient (Wildman–Crippen LogP) is 2.21. The van der Waals surface area contributed by atoms with Gasteiger partial charge in [0, 0.05) is 0 Å². The van der Waals surface area contributed by atoms with Gasteiger partial charge in [-0.3, -0.25) is 14.5 Å². The summed E-state index contributed by atoms with van der Waals surface area (Å²) in [6.45, 7) is 5.52. The van der Waals surface area contributed by atoms with Crippen molar-refractivity contribution in [2.45, 2.75) is 32.7 Å². The molecule has 0 spiro atoms. The highest BCUT2D eigenvalue weighted by atomic mass is 16.5. The van der Waals surface area contributed by atoms with Gasteiger partial charge >= 0.3 is 5.97 Å². The van der Waals surface area contributed by atoms with Crippen molar-refractivity contribution in [3.05, 3.63) is 24.3 Å². The fraction of sp³-hybridized carbons (Fsp3) is 0.529. The van der Waals surface area contributed by atoms with E-state index in [1.54, 1.807) is 0 Å². The molecule has 126 valence electrons. The van der Waals surface area contributed by atoms with E-state index in [4.69, 9.17) is 9.84 Å². The highest BCUT2D eigenvalue weighted by molar-refractivity contribution is 5.95. The van der Waals surface area contributed by atoms with Gasteiger partial charge in [0.15, 0.2) is 0 Å². The standard InChI is InChI=1S/C17H24N2O4/c1-3-23-15-7-5-4-6-14(15)18-16(20)12(2)19-10-8-13(9-11-19)17(21)22/h4-7,12-13H,3,8-11H2,1-2H3,(H,18,20)(H,21,22). The number of carboxylic acid groups (broad SMARTS) is 1. The van der Waals surface area contributed by atoms with Crippen LogP contribution in [0.3, 0.4) is 0 Å². The number of hydrogen-bond donors (Lipinski definition) is 2. The van der Waals surface area contributed by atoms with Crippen molar-refractivity contribution in [1.29, 1.82) is 0 Å². The van der Waals surface area contributed by atoms with Crippen molar-refractivity contribution in [2.75, 3.05) is 25.0 Å². The minimum atomic E-state index is -0.743. The van der Waals surface area contributed by atoms with E-state index in [1.165, 1.54) is 0 Å². The summed E-state index contributed by atoms with van der Waals surface area (Å²) in [6, 6.07) is 7.04. The van der Waals surface area contributed by atoms with Gasteiger partial charge in [0.1, 0.15) is 5.75 Å². The Balaban J connectivity index is 1.94. The third kappa shape index (κ3) is 4.45. The number of carbonyl (C=O) groups is 2. The average Bonchev–Trinajstić information content (AvgIpc) is 2.56. The molecule has 1 aromatic carbocycles. The monoisotopic (exact) mass is 320 g/mol. The highest BCUT2D eigenvalue weighted by Gasteiger charge is 2.29. The van der Waals surface area contributed by atoms with E-state index >= 15 is 0 Å². The SMILES string of the molecule is CCOc1ccccc1NC(=O)C(C)N1CCC(C(=O)O)CC1. The van der Waals surface area contributed by atoms with Crippen molar-refractivity contribution in [2.24, 2.45) is 5.92 Å².